The van der Waals surface area contributed by atoms with Crippen molar-refractivity contribution in [3.63, 3.8) is 0 Å². The lowest BCUT2D eigenvalue weighted by atomic mass is 10.0. The molecule has 1 N–H and O–H groups in total. The maximum absolute atomic E-state index is 13.6. The Hall–Kier alpha value is -2.66. The first-order chi connectivity index (χ1) is 11.4. The fourth-order valence-electron chi connectivity index (χ4n) is 2.83. The summed E-state index contributed by atoms with van der Waals surface area (Å²) in [4.78, 5) is 23.8. The van der Waals surface area contributed by atoms with E-state index in [4.69, 9.17) is 16.7 Å². The Morgan fingerprint density at radius 2 is 2.00 bits per heavy atom. The van der Waals surface area contributed by atoms with Crippen molar-refractivity contribution in [1.82, 2.24) is 4.57 Å². The topological polar surface area (TPSA) is 59.3 Å². The second-order valence-electron chi connectivity index (χ2n) is 5.44. The normalized spacial score (nSPS) is 11.0. The van der Waals surface area contributed by atoms with Gasteiger partial charge in [-0.3, -0.25) is 9.59 Å². The molecule has 0 fully saturated rings. The molecule has 2 aromatic carbocycles. The molecule has 24 heavy (non-hydrogen) atoms. The number of carboxylic acid groups (broad SMARTS) is 1. The van der Waals surface area contributed by atoms with E-state index in [-0.39, 0.29) is 10.9 Å². The molecule has 1 heterocycles. The highest BCUT2D eigenvalue weighted by Crippen LogP contribution is 2.24. The number of carboxylic acids is 1. The Bertz CT molecular complexity index is 1030. The summed E-state index contributed by atoms with van der Waals surface area (Å²) in [5.74, 6) is -1.68. The minimum absolute atomic E-state index is 0.126. The van der Waals surface area contributed by atoms with E-state index in [1.165, 1.54) is 12.1 Å². The molecule has 0 aliphatic rings. The molecule has 0 aliphatic heterocycles. The van der Waals surface area contributed by atoms with E-state index < -0.39 is 23.6 Å². The molecule has 0 saturated carbocycles. The summed E-state index contributed by atoms with van der Waals surface area (Å²) in [5, 5.41) is 9.74. The van der Waals surface area contributed by atoms with Gasteiger partial charge in [-0.2, -0.15) is 0 Å². The number of pyridine rings is 1. The second-order valence-corrected chi connectivity index (χ2v) is 5.88. The van der Waals surface area contributed by atoms with E-state index in [9.17, 15) is 14.0 Å². The van der Waals surface area contributed by atoms with Gasteiger partial charge in [-0.05, 0) is 43.3 Å². The first-order valence-electron chi connectivity index (χ1n) is 7.20. The zero-order chi connectivity index (χ0) is 17.4. The molecule has 0 aliphatic carbocycles. The van der Waals surface area contributed by atoms with Crippen molar-refractivity contribution in [1.29, 1.82) is 0 Å². The van der Waals surface area contributed by atoms with Crippen molar-refractivity contribution in [3.05, 3.63) is 74.8 Å². The van der Waals surface area contributed by atoms with Crippen molar-refractivity contribution in [3.8, 4) is 5.69 Å². The van der Waals surface area contributed by atoms with Crippen LogP contribution < -0.4 is 5.43 Å². The van der Waals surface area contributed by atoms with Crippen LogP contribution in [0.5, 0.6) is 0 Å². The molecule has 0 saturated heterocycles. The standard InChI is InChI=1S/C18H13ClFNO3/c1-10-14(9-17(22)23)18(24)15-8-12(20)5-6-16(15)21(10)13-4-2-3-11(19)7-13/h2-8H,9H2,1H3,(H,22,23). The molecule has 0 atom stereocenters. The Kier molecular flexibility index (Phi) is 4.11. The molecule has 4 nitrogen and oxygen atoms in total. The summed E-state index contributed by atoms with van der Waals surface area (Å²) >= 11 is 6.05. The Morgan fingerprint density at radius 1 is 1.25 bits per heavy atom. The third-order valence-electron chi connectivity index (χ3n) is 3.88. The molecule has 6 heteroatoms. The summed E-state index contributed by atoms with van der Waals surface area (Å²) in [6.45, 7) is 1.67. The van der Waals surface area contributed by atoms with Gasteiger partial charge in [-0.1, -0.05) is 17.7 Å². The lowest BCUT2D eigenvalue weighted by Crippen LogP contribution is -2.21. The predicted octanol–water partition coefficient (Wildman–Crippen LogP) is 3.72. The van der Waals surface area contributed by atoms with Crippen LogP contribution in [0.15, 0.2) is 47.3 Å². The average molecular weight is 346 g/mol. The summed E-state index contributed by atoms with van der Waals surface area (Å²) in [6, 6.07) is 10.8. The number of carbonyl (C=O) groups is 1. The van der Waals surface area contributed by atoms with Crippen molar-refractivity contribution in [2.45, 2.75) is 13.3 Å². The molecule has 0 bridgehead atoms. The number of aliphatic carboxylic acids is 1. The van der Waals surface area contributed by atoms with Crippen LogP contribution >= 0.6 is 11.6 Å². The maximum Gasteiger partial charge on any atom is 0.308 e. The van der Waals surface area contributed by atoms with Gasteiger partial charge in [0.1, 0.15) is 5.82 Å². The maximum atomic E-state index is 13.6. The van der Waals surface area contributed by atoms with Gasteiger partial charge in [0.2, 0.25) is 0 Å². The lowest BCUT2D eigenvalue weighted by molar-refractivity contribution is -0.136. The SMILES string of the molecule is Cc1c(CC(=O)O)c(=O)c2cc(F)ccc2n1-c1cccc(Cl)c1. The Balaban J connectivity index is 2.47. The van der Waals surface area contributed by atoms with Gasteiger partial charge in [0, 0.05) is 27.4 Å². The molecular formula is C18H13ClFNO3. The highest BCUT2D eigenvalue weighted by Gasteiger charge is 2.18. The van der Waals surface area contributed by atoms with Crippen molar-refractivity contribution >= 4 is 28.5 Å². The van der Waals surface area contributed by atoms with E-state index in [2.05, 4.69) is 0 Å². The van der Waals surface area contributed by atoms with Crippen LogP contribution in [0, 0.1) is 12.7 Å². The fourth-order valence-corrected chi connectivity index (χ4v) is 3.02. The predicted molar refractivity (Wildman–Crippen MR) is 90.6 cm³/mol. The highest BCUT2D eigenvalue weighted by molar-refractivity contribution is 6.30. The molecule has 0 spiro atoms. The molecule has 122 valence electrons. The minimum atomic E-state index is -1.12. The van der Waals surface area contributed by atoms with E-state index in [1.807, 2.05) is 0 Å². The van der Waals surface area contributed by atoms with Crippen LogP contribution in [0.2, 0.25) is 5.02 Å². The lowest BCUT2D eigenvalue weighted by Gasteiger charge is -2.18. The number of fused-ring (bicyclic) bond motifs is 1. The number of halogens is 2. The van der Waals surface area contributed by atoms with Gasteiger partial charge in [-0.25, -0.2) is 4.39 Å². The minimum Gasteiger partial charge on any atom is -0.481 e. The molecule has 0 unspecified atom stereocenters. The van der Waals surface area contributed by atoms with Crippen LogP contribution in [0.4, 0.5) is 4.39 Å². The van der Waals surface area contributed by atoms with Gasteiger partial charge in [0.25, 0.3) is 0 Å². The van der Waals surface area contributed by atoms with Gasteiger partial charge >= 0.3 is 5.97 Å². The van der Waals surface area contributed by atoms with E-state index in [1.54, 1.807) is 35.8 Å². The molecular weight excluding hydrogens is 333 g/mol. The summed E-state index contributed by atoms with van der Waals surface area (Å²) in [5.41, 5.74) is 1.31. The fraction of sp³-hybridized carbons (Fsp3) is 0.111. The van der Waals surface area contributed by atoms with Crippen molar-refractivity contribution in [2.75, 3.05) is 0 Å². The van der Waals surface area contributed by atoms with E-state index >= 15 is 0 Å². The van der Waals surface area contributed by atoms with Crippen molar-refractivity contribution in [2.24, 2.45) is 0 Å². The van der Waals surface area contributed by atoms with Crippen molar-refractivity contribution < 1.29 is 14.3 Å². The van der Waals surface area contributed by atoms with Gasteiger partial charge in [0.15, 0.2) is 5.43 Å². The zero-order valence-electron chi connectivity index (χ0n) is 12.7. The monoisotopic (exact) mass is 345 g/mol. The van der Waals surface area contributed by atoms with Crippen LogP contribution in [-0.2, 0) is 11.2 Å². The third kappa shape index (κ3) is 2.78. The summed E-state index contributed by atoms with van der Waals surface area (Å²) < 4.78 is 15.3. The quantitative estimate of drug-likeness (QED) is 0.787. The van der Waals surface area contributed by atoms with Crippen LogP contribution in [0.3, 0.4) is 0 Å². The number of hydrogen-bond acceptors (Lipinski definition) is 2. The third-order valence-corrected chi connectivity index (χ3v) is 4.12. The molecule has 1 aromatic heterocycles. The van der Waals surface area contributed by atoms with Crippen LogP contribution in [0.1, 0.15) is 11.3 Å². The van der Waals surface area contributed by atoms with E-state index in [0.29, 0.717) is 21.9 Å². The summed E-state index contributed by atoms with van der Waals surface area (Å²) in [6.07, 6.45) is -0.433. The van der Waals surface area contributed by atoms with Gasteiger partial charge in [0.05, 0.1) is 11.9 Å². The van der Waals surface area contributed by atoms with Gasteiger partial charge in [-0.15, -0.1) is 0 Å². The van der Waals surface area contributed by atoms with Crippen LogP contribution in [0.25, 0.3) is 16.6 Å². The summed E-state index contributed by atoms with van der Waals surface area (Å²) in [7, 11) is 0. The Morgan fingerprint density at radius 3 is 2.67 bits per heavy atom. The second kappa shape index (κ2) is 6.09. The zero-order valence-corrected chi connectivity index (χ0v) is 13.5. The number of hydrogen-bond donors (Lipinski definition) is 1. The number of aromatic nitrogens is 1. The number of benzene rings is 2. The number of rotatable bonds is 3. The molecule has 3 aromatic rings. The number of nitrogens with zero attached hydrogens (tertiary/aromatic N) is 1. The average Bonchev–Trinajstić information content (AvgIpc) is 2.52. The van der Waals surface area contributed by atoms with Crippen LogP contribution in [-0.4, -0.2) is 15.6 Å². The van der Waals surface area contributed by atoms with E-state index in [0.717, 1.165) is 6.07 Å². The van der Waals surface area contributed by atoms with Gasteiger partial charge < -0.3 is 9.67 Å². The first kappa shape index (κ1) is 16.2. The Labute approximate surface area is 141 Å². The largest absolute Gasteiger partial charge is 0.481 e. The molecule has 0 radical (unpaired) electrons. The molecule has 3 rings (SSSR count). The first-order valence-corrected chi connectivity index (χ1v) is 7.58. The highest BCUT2D eigenvalue weighted by atomic mass is 35.5. The smallest absolute Gasteiger partial charge is 0.308 e. The molecule has 0 amide bonds.